The summed E-state index contributed by atoms with van der Waals surface area (Å²) < 4.78 is 0. The summed E-state index contributed by atoms with van der Waals surface area (Å²) in [4.78, 5) is 36.2. The normalized spacial score (nSPS) is 12.8. The van der Waals surface area contributed by atoms with Gasteiger partial charge < -0.3 is 20.5 Å². The lowest BCUT2D eigenvalue weighted by Crippen LogP contribution is -2.48. The minimum atomic E-state index is -1.43. The molecule has 1 atom stereocenters. The van der Waals surface area contributed by atoms with Gasteiger partial charge in [-0.25, -0.2) is 0 Å². The van der Waals surface area contributed by atoms with Gasteiger partial charge in [-0.15, -0.1) is 0 Å². The van der Waals surface area contributed by atoms with Crippen LogP contribution < -0.4 is 15.7 Å². The van der Waals surface area contributed by atoms with E-state index in [0.717, 1.165) is 5.56 Å². The van der Waals surface area contributed by atoms with Crippen molar-refractivity contribution < 1.29 is 19.5 Å². The first-order chi connectivity index (χ1) is 14.0. The molecule has 0 radical (unpaired) electrons. The van der Waals surface area contributed by atoms with Crippen molar-refractivity contribution >= 4 is 35.5 Å². The zero-order chi connectivity index (χ0) is 22.5. The average Bonchev–Trinajstić information content (AvgIpc) is 2.68. The number of hydrogen-bond donors (Lipinski definition) is 2. The van der Waals surface area contributed by atoms with Crippen molar-refractivity contribution in [3.8, 4) is 0 Å². The molecule has 0 bridgehead atoms. The molecule has 0 aliphatic rings. The van der Waals surface area contributed by atoms with E-state index >= 15 is 0 Å². The van der Waals surface area contributed by atoms with Crippen molar-refractivity contribution in [3.63, 3.8) is 0 Å². The predicted octanol–water partition coefficient (Wildman–Crippen LogP) is 2.66. The molecule has 7 heteroatoms. The fourth-order valence-corrected chi connectivity index (χ4v) is 2.66. The molecule has 158 valence electrons. The van der Waals surface area contributed by atoms with E-state index < -0.39 is 23.8 Å². The molecule has 0 saturated carbocycles. The number of halogens is 1. The van der Waals surface area contributed by atoms with Gasteiger partial charge in [-0.3, -0.25) is 9.59 Å². The van der Waals surface area contributed by atoms with Gasteiger partial charge in [0.15, 0.2) is 0 Å². The predicted molar refractivity (Wildman–Crippen MR) is 115 cm³/mol. The van der Waals surface area contributed by atoms with Crippen molar-refractivity contribution in [1.82, 2.24) is 10.6 Å². The van der Waals surface area contributed by atoms with Crippen LogP contribution in [-0.2, 0) is 15.0 Å². The molecule has 0 aliphatic heterocycles. The highest BCUT2D eigenvalue weighted by Crippen LogP contribution is 2.22. The first kappa shape index (κ1) is 23.2. The lowest BCUT2D eigenvalue weighted by molar-refractivity contribution is -0.307. The molecule has 2 aromatic rings. The zero-order valence-electron chi connectivity index (χ0n) is 17.3. The molecule has 2 N–H and O–H groups in total. The number of hydrogen-bond acceptors (Lipinski definition) is 4. The van der Waals surface area contributed by atoms with Crippen molar-refractivity contribution in [2.45, 2.75) is 39.2 Å². The monoisotopic (exact) mass is 427 g/mol. The van der Waals surface area contributed by atoms with E-state index in [9.17, 15) is 19.5 Å². The van der Waals surface area contributed by atoms with E-state index in [4.69, 9.17) is 11.6 Å². The van der Waals surface area contributed by atoms with Gasteiger partial charge in [0.05, 0.1) is 12.0 Å². The number of carboxylic acid groups (broad SMARTS) is 1. The second-order valence-corrected chi connectivity index (χ2v) is 8.34. The quantitative estimate of drug-likeness (QED) is 0.692. The minimum Gasteiger partial charge on any atom is -0.548 e. The molecule has 2 aromatic carbocycles. The highest BCUT2D eigenvalue weighted by atomic mass is 35.5. The molecular weight excluding hydrogens is 404 g/mol. The molecule has 0 saturated heterocycles. The number of rotatable bonds is 6. The molecule has 0 fully saturated rings. The van der Waals surface area contributed by atoms with Gasteiger partial charge in [0.25, 0.3) is 11.8 Å². The van der Waals surface area contributed by atoms with Crippen LogP contribution in [0.2, 0.25) is 5.02 Å². The fraction of sp³-hybridized carbons (Fsp3) is 0.261. The first-order valence-electron chi connectivity index (χ1n) is 9.38. The highest BCUT2D eigenvalue weighted by Gasteiger charge is 2.18. The lowest BCUT2D eigenvalue weighted by Gasteiger charge is -2.19. The lowest BCUT2D eigenvalue weighted by atomic mass is 9.87. The van der Waals surface area contributed by atoms with Gasteiger partial charge in [0.1, 0.15) is 5.70 Å². The maximum atomic E-state index is 12.7. The average molecular weight is 428 g/mol. The van der Waals surface area contributed by atoms with Gasteiger partial charge in [-0.05, 0) is 53.8 Å². The largest absolute Gasteiger partial charge is 0.548 e. The third kappa shape index (κ3) is 6.46. The topological polar surface area (TPSA) is 98.3 Å². The summed E-state index contributed by atoms with van der Waals surface area (Å²) in [5.74, 6) is -2.67. The standard InChI is InChI=1S/C23H25ClN2O4/c1-14(22(29)30)25-21(28)19(13-15-5-11-18(24)12-6-15)26-20(27)16-7-9-17(10-8-16)23(2,3)4/h5-14H,1-4H3,(H,25,28)(H,26,27)(H,29,30)/p-1/b19-13-/t14-/m1/s1. The van der Waals surface area contributed by atoms with Gasteiger partial charge in [-0.1, -0.05) is 56.6 Å². The Bertz CT molecular complexity index is 958. The molecular formula is C23H24ClN2O4-. The summed E-state index contributed by atoms with van der Waals surface area (Å²) in [5, 5.41) is 16.3. The summed E-state index contributed by atoms with van der Waals surface area (Å²) in [5.41, 5.74) is 1.88. The smallest absolute Gasteiger partial charge is 0.268 e. The second kappa shape index (κ2) is 9.59. The molecule has 0 aliphatic carbocycles. The van der Waals surface area contributed by atoms with Crippen LogP contribution in [-0.4, -0.2) is 23.8 Å². The van der Waals surface area contributed by atoms with Crippen LogP contribution in [0.25, 0.3) is 6.08 Å². The molecule has 0 heterocycles. The Hall–Kier alpha value is -3.12. The summed E-state index contributed by atoms with van der Waals surface area (Å²) in [7, 11) is 0. The molecule has 2 amide bonds. The van der Waals surface area contributed by atoms with Crippen LogP contribution in [0.4, 0.5) is 0 Å². The number of benzene rings is 2. The van der Waals surface area contributed by atoms with Crippen molar-refractivity contribution in [2.75, 3.05) is 0 Å². The van der Waals surface area contributed by atoms with E-state index in [1.165, 1.54) is 13.0 Å². The Morgan fingerprint density at radius 3 is 2.07 bits per heavy atom. The van der Waals surface area contributed by atoms with Gasteiger partial charge in [0, 0.05) is 10.6 Å². The number of amides is 2. The fourth-order valence-electron chi connectivity index (χ4n) is 2.53. The SMILES string of the molecule is C[C@@H](NC(=O)/C(=C/c1ccc(Cl)cc1)NC(=O)c1ccc(C(C)(C)C)cc1)C(=O)[O-]. The molecule has 2 rings (SSSR count). The second-order valence-electron chi connectivity index (χ2n) is 7.91. The van der Waals surface area contributed by atoms with Crippen LogP contribution >= 0.6 is 11.6 Å². The molecule has 0 unspecified atom stereocenters. The number of carboxylic acids is 1. The van der Waals surface area contributed by atoms with Gasteiger partial charge in [0.2, 0.25) is 0 Å². The summed E-state index contributed by atoms with van der Waals surface area (Å²) >= 11 is 5.88. The Morgan fingerprint density at radius 1 is 1.00 bits per heavy atom. The molecule has 6 nitrogen and oxygen atoms in total. The van der Waals surface area contributed by atoms with Crippen LogP contribution in [0.1, 0.15) is 49.2 Å². The van der Waals surface area contributed by atoms with Crippen LogP contribution in [0.15, 0.2) is 54.2 Å². The number of carbonyl (C=O) groups excluding carboxylic acids is 3. The Balaban J connectivity index is 2.29. The van der Waals surface area contributed by atoms with Crippen LogP contribution in [0.5, 0.6) is 0 Å². The Labute approximate surface area is 180 Å². The van der Waals surface area contributed by atoms with E-state index in [1.807, 2.05) is 12.1 Å². The summed E-state index contributed by atoms with van der Waals surface area (Å²) in [6.07, 6.45) is 1.44. The summed E-state index contributed by atoms with van der Waals surface area (Å²) in [6, 6.07) is 12.5. The maximum absolute atomic E-state index is 12.7. The molecule has 0 spiro atoms. The van der Waals surface area contributed by atoms with Crippen molar-refractivity contribution in [1.29, 1.82) is 0 Å². The summed E-state index contributed by atoms with van der Waals surface area (Å²) in [6.45, 7) is 7.48. The molecule has 0 aromatic heterocycles. The van der Waals surface area contributed by atoms with Gasteiger partial charge in [-0.2, -0.15) is 0 Å². The third-order valence-corrected chi connectivity index (χ3v) is 4.64. The third-order valence-electron chi connectivity index (χ3n) is 4.39. The van der Waals surface area contributed by atoms with E-state index in [-0.39, 0.29) is 11.1 Å². The highest BCUT2D eigenvalue weighted by molar-refractivity contribution is 6.30. The Morgan fingerprint density at radius 2 is 1.57 bits per heavy atom. The Kier molecular flexibility index (Phi) is 7.40. The number of carbonyl (C=O) groups is 3. The molecule has 30 heavy (non-hydrogen) atoms. The zero-order valence-corrected chi connectivity index (χ0v) is 18.0. The van der Waals surface area contributed by atoms with E-state index in [2.05, 4.69) is 31.4 Å². The van der Waals surface area contributed by atoms with Gasteiger partial charge >= 0.3 is 0 Å². The van der Waals surface area contributed by atoms with Crippen LogP contribution in [0, 0.1) is 0 Å². The van der Waals surface area contributed by atoms with Crippen molar-refractivity contribution in [3.05, 3.63) is 75.9 Å². The number of aliphatic carboxylic acids is 1. The van der Waals surface area contributed by atoms with E-state index in [0.29, 0.717) is 16.1 Å². The number of nitrogens with one attached hydrogen (secondary N) is 2. The van der Waals surface area contributed by atoms with E-state index in [1.54, 1.807) is 36.4 Å². The van der Waals surface area contributed by atoms with Crippen LogP contribution in [0.3, 0.4) is 0 Å². The minimum absolute atomic E-state index is 0.0600. The maximum Gasteiger partial charge on any atom is 0.268 e. The van der Waals surface area contributed by atoms with Crippen molar-refractivity contribution in [2.24, 2.45) is 0 Å². The first-order valence-corrected chi connectivity index (χ1v) is 9.76.